The van der Waals surface area contributed by atoms with Crippen LogP contribution in [0.25, 0.3) is 0 Å². The third-order valence-electron chi connectivity index (χ3n) is 10.1. The van der Waals surface area contributed by atoms with Crippen LogP contribution in [0.2, 0.25) is 0 Å². The minimum Gasteiger partial charge on any atom is -0.460 e. The number of aliphatic hydroxyl groups excluding tert-OH is 1. The van der Waals surface area contributed by atoms with Crippen molar-refractivity contribution in [1.82, 2.24) is 10.2 Å². The summed E-state index contributed by atoms with van der Waals surface area (Å²) in [5, 5.41) is 13.0. The smallest absolute Gasteiger partial charge is 0.339 e. The van der Waals surface area contributed by atoms with E-state index in [9.17, 15) is 24.3 Å². The van der Waals surface area contributed by atoms with Crippen LogP contribution in [0.15, 0.2) is 66.2 Å². The SMILES string of the molecule is CN(C(=O)C1=CC2OC(C3CC3)(C3CC3)OC2C(OC(=O)c2ccccc2I)C1)C(Cc1ccccc1)C(=O)NC(CO)CCC(=O)OC(C)(C)C. The van der Waals surface area contributed by atoms with Crippen LogP contribution >= 0.6 is 22.6 Å². The van der Waals surface area contributed by atoms with Crippen LogP contribution < -0.4 is 5.32 Å². The fraction of sp³-hybridized carbons (Fsp3) is 0.550. The number of nitrogens with zero attached hydrogens (tertiary/aromatic N) is 1. The first-order valence-electron chi connectivity index (χ1n) is 18.2. The van der Waals surface area contributed by atoms with E-state index in [1.165, 1.54) is 4.90 Å². The van der Waals surface area contributed by atoms with Gasteiger partial charge in [0.1, 0.15) is 30.0 Å². The van der Waals surface area contributed by atoms with Crippen molar-refractivity contribution in [3.63, 3.8) is 0 Å². The van der Waals surface area contributed by atoms with E-state index in [-0.39, 0.29) is 37.5 Å². The lowest BCUT2D eigenvalue weighted by molar-refractivity contribution is -0.209. The average Bonchev–Trinajstić information content (AvgIpc) is 4.05. The van der Waals surface area contributed by atoms with Gasteiger partial charge < -0.3 is 34.3 Å². The molecule has 4 aliphatic rings. The van der Waals surface area contributed by atoms with Crippen LogP contribution in [0.5, 0.6) is 0 Å². The van der Waals surface area contributed by atoms with Crippen molar-refractivity contribution in [1.29, 1.82) is 0 Å². The molecule has 2 aromatic carbocycles. The number of carbonyl (C=O) groups is 4. The van der Waals surface area contributed by atoms with Gasteiger partial charge in [0.15, 0.2) is 5.79 Å². The lowest BCUT2D eigenvalue weighted by atomic mass is 9.90. The van der Waals surface area contributed by atoms with Crippen LogP contribution in [0, 0.1) is 15.4 Å². The Morgan fingerprint density at radius 2 is 1.65 bits per heavy atom. The molecule has 2 N–H and O–H groups in total. The normalized spacial score (nSPS) is 23.4. The Bertz CT molecular complexity index is 1650. The largest absolute Gasteiger partial charge is 0.460 e. The third-order valence-corrected chi connectivity index (χ3v) is 11.0. The molecule has 2 amide bonds. The van der Waals surface area contributed by atoms with Gasteiger partial charge in [0.2, 0.25) is 11.8 Å². The molecule has 0 radical (unpaired) electrons. The van der Waals surface area contributed by atoms with Crippen LogP contribution in [0.3, 0.4) is 0 Å². The number of aliphatic hydroxyl groups is 1. The summed E-state index contributed by atoms with van der Waals surface area (Å²) in [6.45, 7) is 4.93. The summed E-state index contributed by atoms with van der Waals surface area (Å²) >= 11 is 2.10. The molecule has 11 nitrogen and oxygen atoms in total. The van der Waals surface area contributed by atoms with Gasteiger partial charge in [-0.05, 0) is 99.2 Å². The summed E-state index contributed by atoms with van der Waals surface area (Å²) in [6, 6.07) is 14.9. The maximum atomic E-state index is 14.5. The number of carbonyl (C=O) groups excluding carboxylic acids is 4. The fourth-order valence-electron chi connectivity index (χ4n) is 7.19. The molecule has 5 unspecified atom stereocenters. The van der Waals surface area contributed by atoms with E-state index in [1.54, 1.807) is 46.0 Å². The van der Waals surface area contributed by atoms with Gasteiger partial charge in [0.05, 0.1) is 18.2 Å². The second-order valence-corrected chi connectivity index (χ2v) is 16.6. The Kier molecular flexibility index (Phi) is 11.8. The molecule has 2 saturated carbocycles. The highest BCUT2D eigenvalue weighted by Gasteiger charge is 2.64. The summed E-state index contributed by atoms with van der Waals surface area (Å²) in [5.74, 6) is -2.03. The molecule has 280 valence electrons. The molecule has 3 fully saturated rings. The second-order valence-electron chi connectivity index (χ2n) is 15.4. The number of amides is 2. The van der Waals surface area contributed by atoms with Crippen LogP contribution in [-0.2, 0) is 39.8 Å². The van der Waals surface area contributed by atoms with Gasteiger partial charge in [0.25, 0.3) is 0 Å². The second kappa shape index (κ2) is 16.0. The number of ether oxygens (including phenoxy) is 4. The number of hydrogen-bond donors (Lipinski definition) is 2. The van der Waals surface area contributed by atoms with Crippen LogP contribution in [0.1, 0.15) is 81.6 Å². The Labute approximate surface area is 318 Å². The first-order valence-corrected chi connectivity index (χ1v) is 19.3. The minimum atomic E-state index is -0.964. The Morgan fingerprint density at radius 3 is 2.27 bits per heavy atom. The highest BCUT2D eigenvalue weighted by Crippen LogP contribution is 2.59. The zero-order valence-electron chi connectivity index (χ0n) is 30.2. The molecule has 6 rings (SSSR count). The number of rotatable bonds is 14. The van der Waals surface area contributed by atoms with Crippen LogP contribution in [-0.4, -0.2) is 89.2 Å². The van der Waals surface area contributed by atoms with Crippen molar-refractivity contribution in [2.75, 3.05) is 13.7 Å². The summed E-state index contributed by atoms with van der Waals surface area (Å²) in [6.07, 6.45) is 4.29. The first kappa shape index (κ1) is 38.4. The molecule has 2 aromatic rings. The molecular weight excluding hydrogens is 779 g/mol. The van der Waals surface area contributed by atoms with Gasteiger partial charge in [0, 0.05) is 47.3 Å². The third kappa shape index (κ3) is 9.06. The van der Waals surface area contributed by atoms with Gasteiger partial charge in [-0.2, -0.15) is 0 Å². The van der Waals surface area contributed by atoms with Gasteiger partial charge in [-0.25, -0.2) is 4.79 Å². The predicted octanol–water partition coefficient (Wildman–Crippen LogP) is 5.12. The zero-order chi connectivity index (χ0) is 37.2. The van der Waals surface area contributed by atoms with Gasteiger partial charge in [-0.3, -0.25) is 14.4 Å². The molecule has 52 heavy (non-hydrogen) atoms. The molecule has 0 spiro atoms. The maximum absolute atomic E-state index is 14.5. The van der Waals surface area contributed by atoms with Crippen LogP contribution in [0.4, 0.5) is 0 Å². The lowest BCUT2D eigenvalue weighted by Gasteiger charge is -2.34. The minimum absolute atomic E-state index is 0.00373. The number of likely N-dealkylation sites (N-methyl/N-ethyl adjacent to an activating group) is 1. The van der Waals surface area contributed by atoms with Crippen molar-refractivity contribution in [3.8, 4) is 0 Å². The van der Waals surface area contributed by atoms with Gasteiger partial charge in [-0.15, -0.1) is 0 Å². The quantitative estimate of drug-likeness (QED) is 0.196. The molecule has 1 aliphatic heterocycles. The molecule has 0 aromatic heterocycles. The molecule has 0 bridgehead atoms. The number of hydrogen-bond acceptors (Lipinski definition) is 9. The maximum Gasteiger partial charge on any atom is 0.339 e. The fourth-order valence-corrected chi connectivity index (χ4v) is 7.80. The Morgan fingerprint density at radius 1 is 1.00 bits per heavy atom. The number of fused-ring (bicyclic) bond motifs is 1. The van der Waals surface area contributed by atoms with E-state index in [0.717, 1.165) is 34.8 Å². The highest BCUT2D eigenvalue weighted by molar-refractivity contribution is 14.1. The molecular formula is C40H49IN2O9. The van der Waals surface area contributed by atoms with E-state index in [4.69, 9.17) is 18.9 Å². The van der Waals surface area contributed by atoms with Crippen molar-refractivity contribution in [2.45, 2.75) is 114 Å². The summed E-state index contributed by atoms with van der Waals surface area (Å²) in [7, 11) is 1.58. The molecule has 5 atom stereocenters. The van der Waals surface area contributed by atoms with E-state index in [2.05, 4.69) is 27.9 Å². The Balaban J connectivity index is 1.23. The molecule has 3 aliphatic carbocycles. The lowest BCUT2D eigenvalue weighted by Crippen LogP contribution is -2.53. The summed E-state index contributed by atoms with van der Waals surface area (Å²) < 4.78 is 25.8. The Hall–Kier alpha value is -3.33. The topological polar surface area (TPSA) is 141 Å². The van der Waals surface area contributed by atoms with E-state index < -0.39 is 72.1 Å². The highest BCUT2D eigenvalue weighted by atomic mass is 127. The van der Waals surface area contributed by atoms with Crippen molar-refractivity contribution >= 4 is 46.3 Å². The summed E-state index contributed by atoms with van der Waals surface area (Å²) in [5.41, 5.74) is 0.977. The van der Waals surface area contributed by atoms with E-state index in [0.29, 0.717) is 11.1 Å². The molecule has 1 saturated heterocycles. The zero-order valence-corrected chi connectivity index (χ0v) is 32.4. The molecule has 12 heteroatoms. The standard InChI is InChI=1S/C40H49IN2O9/c1-39(2,3)51-34(45)19-18-28(23-44)42-36(46)31(20-24-10-6-5-7-11-24)43(4)37(47)25-21-32(49-38(48)29-12-8-9-13-30(29)41)35-33(22-25)50-40(52-35,26-14-15-26)27-16-17-27/h5-13,22,26-28,31-33,35,44H,14-21,23H2,1-4H3,(H,42,46). The number of esters is 2. The van der Waals surface area contributed by atoms with Crippen molar-refractivity contribution in [3.05, 3.63) is 80.9 Å². The molecule has 1 heterocycles. The number of benzene rings is 2. The number of nitrogens with one attached hydrogen (secondary N) is 1. The van der Waals surface area contributed by atoms with E-state index >= 15 is 0 Å². The van der Waals surface area contributed by atoms with E-state index in [1.807, 2.05) is 42.5 Å². The van der Waals surface area contributed by atoms with Gasteiger partial charge in [-0.1, -0.05) is 42.5 Å². The average molecular weight is 829 g/mol. The van der Waals surface area contributed by atoms with Gasteiger partial charge >= 0.3 is 11.9 Å². The summed E-state index contributed by atoms with van der Waals surface area (Å²) in [4.78, 5) is 55.8. The van der Waals surface area contributed by atoms with Crippen molar-refractivity contribution < 1.29 is 43.2 Å². The monoisotopic (exact) mass is 828 g/mol. The predicted molar refractivity (Wildman–Crippen MR) is 200 cm³/mol. The first-order chi connectivity index (χ1) is 24.8. The van der Waals surface area contributed by atoms with Crippen molar-refractivity contribution in [2.24, 2.45) is 11.8 Å². The number of halogens is 1.